The van der Waals surface area contributed by atoms with Crippen LogP contribution in [0.15, 0.2) is 67.3 Å². The molecule has 0 N–H and O–H groups in total. The van der Waals surface area contributed by atoms with Crippen LogP contribution in [-0.4, -0.2) is 7.11 Å². The van der Waals surface area contributed by atoms with Crippen molar-refractivity contribution in [2.45, 2.75) is 6.10 Å². The van der Waals surface area contributed by atoms with Gasteiger partial charge < -0.3 is 9.47 Å². The van der Waals surface area contributed by atoms with Crippen LogP contribution in [0, 0.1) is 0 Å². The van der Waals surface area contributed by atoms with Crippen molar-refractivity contribution in [3.8, 4) is 11.5 Å². The van der Waals surface area contributed by atoms with Gasteiger partial charge in [0.1, 0.15) is 17.6 Å². The molecule has 2 rings (SSSR count). The van der Waals surface area contributed by atoms with Gasteiger partial charge in [-0.1, -0.05) is 36.9 Å². The van der Waals surface area contributed by atoms with Crippen molar-refractivity contribution >= 4 is 0 Å². The Labute approximate surface area is 107 Å². The van der Waals surface area contributed by atoms with Gasteiger partial charge in [-0.05, 0) is 35.9 Å². The molecule has 0 unspecified atom stereocenters. The normalized spacial score (nSPS) is 11.6. The van der Waals surface area contributed by atoms with Gasteiger partial charge in [-0.2, -0.15) is 0 Å². The predicted molar refractivity (Wildman–Crippen MR) is 73.0 cm³/mol. The average molecular weight is 240 g/mol. The Morgan fingerprint density at radius 1 is 0.944 bits per heavy atom. The summed E-state index contributed by atoms with van der Waals surface area (Å²) in [6.07, 6.45) is 1.65. The first kappa shape index (κ1) is 12.2. The molecule has 0 aromatic heterocycles. The predicted octanol–water partition coefficient (Wildman–Crippen LogP) is 4.00. The minimum Gasteiger partial charge on any atom is -0.497 e. The topological polar surface area (TPSA) is 18.5 Å². The van der Waals surface area contributed by atoms with Crippen LogP contribution in [0.1, 0.15) is 11.7 Å². The summed E-state index contributed by atoms with van der Waals surface area (Å²) in [5.74, 6) is 1.61. The minimum atomic E-state index is -0.139. The standard InChI is InChI=1S/C16H16O2/c1-3-16(13-7-5-4-6-8-13)18-15-11-9-14(17-2)10-12-15/h3-12,16H,1H2,2H3/t16-/m1/s1. The molecule has 0 saturated carbocycles. The molecule has 0 amide bonds. The van der Waals surface area contributed by atoms with Crippen molar-refractivity contribution in [1.82, 2.24) is 0 Å². The molecule has 2 heteroatoms. The minimum absolute atomic E-state index is 0.139. The lowest BCUT2D eigenvalue weighted by atomic mass is 10.1. The molecule has 1 atom stereocenters. The Kier molecular flexibility index (Phi) is 4.02. The first-order valence-electron chi connectivity index (χ1n) is 5.81. The molecule has 0 radical (unpaired) electrons. The van der Waals surface area contributed by atoms with Crippen LogP contribution in [0.5, 0.6) is 11.5 Å². The Balaban J connectivity index is 2.13. The zero-order valence-electron chi connectivity index (χ0n) is 10.4. The molecule has 0 heterocycles. The molecule has 18 heavy (non-hydrogen) atoms. The molecule has 0 fully saturated rings. The Morgan fingerprint density at radius 3 is 2.11 bits per heavy atom. The lowest BCUT2D eigenvalue weighted by Gasteiger charge is -2.16. The SMILES string of the molecule is C=C[C@@H](Oc1ccc(OC)cc1)c1ccccc1. The maximum absolute atomic E-state index is 5.88. The van der Waals surface area contributed by atoms with Crippen LogP contribution < -0.4 is 9.47 Å². The second-order valence-corrected chi connectivity index (χ2v) is 3.86. The Bertz CT molecular complexity index is 488. The van der Waals surface area contributed by atoms with E-state index in [-0.39, 0.29) is 6.10 Å². The molecule has 92 valence electrons. The van der Waals surface area contributed by atoms with Gasteiger partial charge in [0, 0.05) is 0 Å². The molecule has 0 spiro atoms. The molecular weight excluding hydrogens is 224 g/mol. The molecule has 0 aliphatic heterocycles. The van der Waals surface area contributed by atoms with Gasteiger partial charge in [0.15, 0.2) is 0 Å². The van der Waals surface area contributed by atoms with Crippen LogP contribution >= 0.6 is 0 Å². The van der Waals surface area contributed by atoms with E-state index in [1.165, 1.54) is 0 Å². The van der Waals surface area contributed by atoms with E-state index in [2.05, 4.69) is 6.58 Å². The van der Waals surface area contributed by atoms with Crippen molar-refractivity contribution in [3.63, 3.8) is 0 Å². The maximum atomic E-state index is 5.88. The summed E-state index contributed by atoms with van der Waals surface area (Å²) in [6, 6.07) is 17.5. The number of benzene rings is 2. The summed E-state index contributed by atoms with van der Waals surface area (Å²) in [5.41, 5.74) is 1.09. The largest absolute Gasteiger partial charge is 0.497 e. The van der Waals surface area contributed by atoms with E-state index in [9.17, 15) is 0 Å². The van der Waals surface area contributed by atoms with Crippen molar-refractivity contribution < 1.29 is 9.47 Å². The molecule has 0 bridgehead atoms. The highest BCUT2D eigenvalue weighted by Gasteiger charge is 2.08. The molecule has 2 aromatic rings. The van der Waals surface area contributed by atoms with Gasteiger partial charge >= 0.3 is 0 Å². The van der Waals surface area contributed by atoms with E-state index >= 15 is 0 Å². The average Bonchev–Trinajstić information content (AvgIpc) is 2.46. The van der Waals surface area contributed by atoms with Crippen LogP contribution in [0.4, 0.5) is 0 Å². The summed E-state index contributed by atoms with van der Waals surface area (Å²) in [4.78, 5) is 0. The summed E-state index contributed by atoms with van der Waals surface area (Å²) in [7, 11) is 1.65. The highest BCUT2D eigenvalue weighted by Crippen LogP contribution is 2.24. The number of hydrogen-bond donors (Lipinski definition) is 0. The Morgan fingerprint density at radius 2 is 1.56 bits per heavy atom. The van der Waals surface area contributed by atoms with Gasteiger partial charge in [-0.25, -0.2) is 0 Å². The number of ether oxygens (including phenoxy) is 2. The highest BCUT2D eigenvalue weighted by molar-refractivity contribution is 5.32. The fraction of sp³-hybridized carbons (Fsp3) is 0.125. The van der Waals surface area contributed by atoms with Crippen LogP contribution in [0.3, 0.4) is 0 Å². The van der Waals surface area contributed by atoms with Crippen molar-refractivity contribution in [3.05, 3.63) is 72.8 Å². The highest BCUT2D eigenvalue weighted by atomic mass is 16.5. The van der Waals surface area contributed by atoms with E-state index in [0.717, 1.165) is 17.1 Å². The third-order valence-corrected chi connectivity index (χ3v) is 2.66. The van der Waals surface area contributed by atoms with Gasteiger partial charge in [0.2, 0.25) is 0 Å². The first-order chi connectivity index (χ1) is 8.83. The monoisotopic (exact) mass is 240 g/mol. The fourth-order valence-electron chi connectivity index (χ4n) is 1.70. The summed E-state index contributed by atoms with van der Waals surface area (Å²) < 4.78 is 11.0. The third-order valence-electron chi connectivity index (χ3n) is 2.66. The second kappa shape index (κ2) is 5.92. The zero-order valence-corrected chi connectivity index (χ0v) is 10.4. The fourth-order valence-corrected chi connectivity index (χ4v) is 1.70. The van der Waals surface area contributed by atoms with E-state index in [0.29, 0.717) is 0 Å². The van der Waals surface area contributed by atoms with Crippen molar-refractivity contribution in [2.24, 2.45) is 0 Å². The van der Waals surface area contributed by atoms with Gasteiger partial charge in [0.25, 0.3) is 0 Å². The second-order valence-electron chi connectivity index (χ2n) is 3.86. The van der Waals surface area contributed by atoms with Gasteiger partial charge in [-0.3, -0.25) is 0 Å². The molecular formula is C16H16O2. The van der Waals surface area contributed by atoms with Crippen LogP contribution in [0.2, 0.25) is 0 Å². The van der Waals surface area contributed by atoms with Crippen molar-refractivity contribution in [2.75, 3.05) is 7.11 Å². The van der Waals surface area contributed by atoms with Crippen LogP contribution in [0.25, 0.3) is 0 Å². The lowest BCUT2D eigenvalue weighted by Crippen LogP contribution is -2.03. The first-order valence-corrected chi connectivity index (χ1v) is 5.81. The van der Waals surface area contributed by atoms with Gasteiger partial charge in [-0.15, -0.1) is 0 Å². The number of methoxy groups -OCH3 is 1. The zero-order chi connectivity index (χ0) is 12.8. The van der Waals surface area contributed by atoms with E-state index in [1.807, 2.05) is 54.6 Å². The van der Waals surface area contributed by atoms with E-state index < -0.39 is 0 Å². The Hall–Kier alpha value is -2.22. The molecule has 0 aliphatic rings. The molecule has 0 saturated heterocycles. The summed E-state index contributed by atoms with van der Waals surface area (Å²) in [5, 5.41) is 0. The smallest absolute Gasteiger partial charge is 0.142 e. The van der Waals surface area contributed by atoms with E-state index in [4.69, 9.17) is 9.47 Å². The number of rotatable bonds is 5. The molecule has 0 aliphatic carbocycles. The molecule has 2 nitrogen and oxygen atoms in total. The quantitative estimate of drug-likeness (QED) is 0.735. The maximum Gasteiger partial charge on any atom is 0.142 e. The molecule has 2 aromatic carbocycles. The summed E-state index contributed by atoms with van der Waals surface area (Å²) >= 11 is 0. The van der Waals surface area contributed by atoms with E-state index in [1.54, 1.807) is 13.2 Å². The number of hydrogen-bond acceptors (Lipinski definition) is 2. The van der Waals surface area contributed by atoms with Crippen LogP contribution in [-0.2, 0) is 0 Å². The van der Waals surface area contributed by atoms with Crippen molar-refractivity contribution in [1.29, 1.82) is 0 Å². The lowest BCUT2D eigenvalue weighted by molar-refractivity contribution is 0.255. The van der Waals surface area contributed by atoms with Gasteiger partial charge in [0.05, 0.1) is 7.11 Å². The third kappa shape index (κ3) is 2.92. The summed E-state index contributed by atoms with van der Waals surface area (Å²) in [6.45, 7) is 3.82.